The molecule has 4 aromatic rings. The second kappa shape index (κ2) is 8.48. The highest BCUT2D eigenvalue weighted by Crippen LogP contribution is 2.27. The van der Waals surface area contributed by atoms with Gasteiger partial charge in [0.25, 0.3) is 0 Å². The number of nitrogens with one attached hydrogen (secondary N) is 1. The summed E-state index contributed by atoms with van der Waals surface area (Å²) in [6.45, 7) is 2.16. The molecule has 5 rings (SSSR count). The van der Waals surface area contributed by atoms with Gasteiger partial charge in [0.05, 0.1) is 4.90 Å². The van der Waals surface area contributed by atoms with E-state index in [1.165, 1.54) is 30.2 Å². The maximum atomic E-state index is 11.8. The molecule has 0 radical (unpaired) electrons. The predicted octanol–water partition coefficient (Wildman–Crippen LogP) is 3.86. The van der Waals surface area contributed by atoms with Gasteiger partial charge in [0.1, 0.15) is 0 Å². The van der Waals surface area contributed by atoms with Crippen LogP contribution in [0.15, 0.2) is 71.8 Å². The molecule has 1 N–H and O–H groups in total. The summed E-state index contributed by atoms with van der Waals surface area (Å²) < 4.78 is 25.3. The van der Waals surface area contributed by atoms with Crippen molar-refractivity contribution in [3.63, 3.8) is 0 Å². The van der Waals surface area contributed by atoms with E-state index >= 15 is 0 Å². The average molecular weight is 447 g/mol. The standard InChI is InChI=1S/C25H26N4O2S/c1-32(30,31)22-9-7-20(8-10-22)23-6-3-15-29-25(23)27-24(28-29)17-18-4-2-5-21(16-18)19-11-13-26-14-12-19/h2-10,15-16,19,26H,11-14,17H2,1H3. The van der Waals surface area contributed by atoms with Crippen LogP contribution in [0.1, 0.15) is 35.7 Å². The van der Waals surface area contributed by atoms with E-state index in [9.17, 15) is 8.42 Å². The van der Waals surface area contributed by atoms with Crippen LogP contribution in [-0.4, -0.2) is 42.4 Å². The molecular weight excluding hydrogens is 420 g/mol. The molecule has 1 aliphatic heterocycles. The lowest BCUT2D eigenvalue weighted by atomic mass is 9.89. The van der Waals surface area contributed by atoms with E-state index in [1.807, 2.05) is 30.5 Å². The Labute approximate surface area is 188 Å². The third-order valence-electron chi connectivity index (χ3n) is 6.12. The molecule has 0 aliphatic carbocycles. The van der Waals surface area contributed by atoms with Crippen LogP contribution < -0.4 is 5.32 Å². The number of nitrogens with zero attached hydrogens (tertiary/aromatic N) is 3. The van der Waals surface area contributed by atoms with Crippen LogP contribution in [0.4, 0.5) is 0 Å². The molecule has 1 aliphatic rings. The molecule has 2 aromatic carbocycles. The fourth-order valence-electron chi connectivity index (χ4n) is 4.43. The van der Waals surface area contributed by atoms with Crippen molar-refractivity contribution in [3.05, 3.63) is 83.8 Å². The van der Waals surface area contributed by atoms with Gasteiger partial charge in [0.2, 0.25) is 0 Å². The van der Waals surface area contributed by atoms with Gasteiger partial charge in [-0.2, -0.15) is 5.10 Å². The Bertz CT molecular complexity index is 1350. The summed E-state index contributed by atoms with van der Waals surface area (Å²) in [5.74, 6) is 1.39. The number of rotatable bonds is 5. The van der Waals surface area contributed by atoms with Crippen molar-refractivity contribution < 1.29 is 8.42 Å². The quantitative estimate of drug-likeness (QED) is 0.504. The molecule has 1 saturated heterocycles. The Morgan fingerprint density at radius 1 is 1.03 bits per heavy atom. The lowest BCUT2D eigenvalue weighted by Crippen LogP contribution is -2.26. The first-order valence-corrected chi connectivity index (χ1v) is 12.8. The number of hydrogen-bond acceptors (Lipinski definition) is 5. The lowest BCUT2D eigenvalue weighted by molar-refractivity contribution is 0.460. The van der Waals surface area contributed by atoms with E-state index in [4.69, 9.17) is 10.1 Å². The van der Waals surface area contributed by atoms with Gasteiger partial charge >= 0.3 is 0 Å². The van der Waals surface area contributed by atoms with E-state index in [-0.39, 0.29) is 0 Å². The fourth-order valence-corrected chi connectivity index (χ4v) is 5.06. The summed E-state index contributed by atoms with van der Waals surface area (Å²) in [7, 11) is -3.22. The van der Waals surface area contributed by atoms with E-state index in [1.54, 1.807) is 16.6 Å². The fraction of sp³-hybridized carbons (Fsp3) is 0.280. The molecule has 32 heavy (non-hydrogen) atoms. The van der Waals surface area contributed by atoms with Gasteiger partial charge in [0, 0.05) is 24.4 Å². The third kappa shape index (κ3) is 4.31. The van der Waals surface area contributed by atoms with Crippen molar-refractivity contribution in [3.8, 4) is 11.1 Å². The van der Waals surface area contributed by atoms with Crippen molar-refractivity contribution in [1.29, 1.82) is 0 Å². The first kappa shape index (κ1) is 20.8. The monoisotopic (exact) mass is 446 g/mol. The van der Waals surface area contributed by atoms with Gasteiger partial charge in [-0.1, -0.05) is 36.4 Å². The zero-order chi connectivity index (χ0) is 22.1. The summed E-state index contributed by atoms with van der Waals surface area (Å²) in [6, 6.07) is 19.6. The molecular formula is C25H26N4O2S. The van der Waals surface area contributed by atoms with Crippen LogP contribution in [0, 0.1) is 0 Å². The number of benzene rings is 2. The normalized spacial score (nSPS) is 15.3. The molecule has 2 aromatic heterocycles. The summed E-state index contributed by atoms with van der Waals surface area (Å²) >= 11 is 0. The molecule has 3 heterocycles. The largest absolute Gasteiger partial charge is 0.317 e. The maximum Gasteiger partial charge on any atom is 0.175 e. The smallest absolute Gasteiger partial charge is 0.175 e. The second-order valence-electron chi connectivity index (χ2n) is 8.46. The molecule has 7 heteroatoms. The Morgan fingerprint density at radius 2 is 1.81 bits per heavy atom. The summed E-state index contributed by atoms with van der Waals surface area (Å²) in [5.41, 5.74) is 5.23. The maximum absolute atomic E-state index is 11.8. The van der Waals surface area contributed by atoms with Gasteiger partial charge in [-0.3, -0.25) is 0 Å². The van der Waals surface area contributed by atoms with Gasteiger partial charge in [-0.15, -0.1) is 0 Å². The topological polar surface area (TPSA) is 76.4 Å². The van der Waals surface area contributed by atoms with Crippen LogP contribution >= 0.6 is 0 Å². The molecule has 0 saturated carbocycles. The predicted molar refractivity (Wildman–Crippen MR) is 126 cm³/mol. The Balaban J connectivity index is 1.43. The Kier molecular flexibility index (Phi) is 5.53. The molecule has 0 amide bonds. The number of piperidine rings is 1. The van der Waals surface area contributed by atoms with Crippen LogP contribution in [0.5, 0.6) is 0 Å². The average Bonchev–Trinajstić information content (AvgIpc) is 3.22. The molecule has 6 nitrogen and oxygen atoms in total. The SMILES string of the molecule is CS(=O)(=O)c1ccc(-c2cccn3nc(Cc4cccc(C5CCNCC5)c4)nc23)cc1. The van der Waals surface area contributed by atoms with Crippen LogP contribution in [0.2, 0.25) is 0 Å². The van der Waals surface area contributed by atoms with Crippen molar-refractivity contribution in [2.45, 2.75) is 30.1 Å². The van der Waals surface area contributed by atoms with E-state index in [0.717, 1.165) is 35.7 Å². The molecule has 0 atom stereocenters. The zero-order valence-electron chi connectivity index (χ0n) is 18.0. The number of hydrogen-bond donors (Lipinski definition) is 1. The molecule has 0 bridgehead atoms. The van der Waals surface area contributed by atoms with Crippen LogP contribution in [-0.2, 0) is 16.3 Å². The van der Waals surface area contributed by atoms with Crippen molar-refractivity contribution in [2.24, 2.45) is 0 Å². The summed E-state index contributed by atoms with van der Waals surface area (Å²) in [5, 5.41) is 8.12. The third-order valence-corrected chi connectivity index (χ3v) is 7.25. The minimum atomic E-state index is -3.22. The Hall–Kier alpha value is -3.03. The van der Waals surface area contributed by atoms with Gasteiger partial charge in [-0.05, 0) is 72.8 Å². The first-order chi connectivity index (χ1) is 15.5. The highest BCUT2D eigenvalue weighted by atomic mass is 32.2. The summed E-state index contributed by atoms with van der Waals surface area (Å²) in [6.07, 6.45) is 6.14. The lowest BCUT2D eigenvalue weighted by Gasteiger charge is -2.23. The van der Waals surface area contributed by atoms with Gasteiger partial charge in [0.15, 0.2) is 21.3 Å². The van der Waals surface area contributed by atoms with Gasteiger partial charge < -0.3 is 5.32 Å². The second-order valence-corrected chi connectivity index (χ2v) is 10.5. The molecule has 0 spiro atoms. The van der Waals surface area contributed by atoms with Crippen molar-refractivity contribution in [2.75, 3.05) is 19.3 Å². The minimum absolute atomic E-state index is 0.309. The van der Waals surface area contributed by atoms with Crippen molar-refractivity contribution in [1.82, 2.24) is 19.9 Å². The van der Waals surface area contributed by atoms with E-state index in [0.29, 0.717) is 17.2 Å². The molecule has 0 unspecified atom stereocenters. The minimum Gasteiger partial charge on any atom is -0.317 e. The zero-order valence-corrected chi connectivity index (χ0v) is 18.8. The molecule has 1 fully saturated rings. The Morgan fingerprint density at radius 3 is 2.56 bits per heavy atom. The van der Waals surface area contributed by atoms with Gasteiger partial charge in [-0.25, -0.2) is 17.9 Å². The molecule has 164 valence electrons. The summed E-state index contributed by atoms with van der Waals surface area (Å²) in [4.78, 5) is 5.13. The highest BCUT2D eigenvalue weighted by Gasteiger charge is 2.16. The van der Waals surface area contributed by atoms with E-state index < -0.39 is 9.84 Å². The van der Waals surface area contributed by atoms with Crippen LogP contribution in [0.25, 0.3) is 16.8 Å². The number of pyridine rings is 1. The number of fused-ring (bicyclic) bond motifs is 1. The highest BCUT2D eigenvalue weighted by molar-refractivity contribution is 7.90. The van der Waals surface area contributed by atoms with Crippen LogP contribution in [0.3, 0.4) is 0 Å². The number of aromatic nitrogens is 3. The first-order valence-electron chi connectivity index (χ1n) is 10.9. The number of sulfone groups is 1. The van der Waals surface area contributed by atoms with E-state index in [2.05, 4.69) is 29.6 Å². The van der Waals surface area contributed by atoms with Crippen molar-refractivity contribution >= 4 is 15.5 Å².